The number of rotatable bonds is 6. The number of methoxy groups -OCH3 is 1. The van der Waals surface area contributed by atoms with Crippen molar-refractivity contribution >= 4 is 23.3 Å². The van der Waals surface area contributed by atoms with Crippen molar-refractivity contribution in [1.29, 1.82) is 0 Å². The number of quaternary nitrogens is 1. The molecular formula is C20H25N4O3+. The van der Waals surface area contributed by atoms with Gasteiger partial charge in [-0.25, -0.2) is 0 Å². The molecule has 7 heteroatoms. The summed E-state index contributed by atoms with van der Waals surface area (Å²) in [5, 5.41) is 11.1. The van der Waals surface area contributed by atoms with Gasteiger partial charge >= 0.3 is 5.69 Å². The Balaban J connectivity index is 1.68. The van der Waals surface area contributed by atoms with Crippen LogP contribution >= 0.6 is 0 Å². The van der Waals surface area contributed by atoms with E-state index in [1.807, 2.05) is 12.1 Å². The predicted molar refractivity (Wildman–Crippen MR) is 107 cm³/mol. The third-order valence-electron chi connectivity index (χ3n) is 4.95. The van der Waals surface area contributed by atoms with Gasteiger partial charge in [-0.15, -0.1) is 0 Å². The Kier molecular flexibility index (Phi) is 6.03. The quantitative estimate of drug-likeness (QED) is 0.481. The second-order valence-corrected chi connectivity index (χ2v) is 6.55. The van der Waals surface area contributed by atoms with Gasteiger partial charge in [0.15, 0.2) is 5.75 Å². The van der Waals surface area contributed by atoms with Crippen LogP contribution in [0.15, 0.2) is 47.5 Å². The molecule has 0 amide bonds. The third-order valence-corrected chi connectivity index (χ3v) is 4.95. The van der Waals surface area contributed by atoms with Gasteiger partial charge in [-0.05, 0) is 48.9 Å². The maximum atomic E-state index is 11.1. The molecule has 142 valence electrons. The topological polar surface area (TPSA) is 72.4 Å². The van der Waals surface area contributed by atoms with Crippen LogP contribution in [0.3, 0.4) is 0 Å². The lowest BCUT2D eigenvalue weighted by Gasteiger charge is -2.33. The van der Waals surface area contributed by atoms with Crippen molar-refractivity contribution in [2.45, 2.75) is 6.92 Å². The summed E-state index contributed by atoms with van der Waals surface area (Å²) in [5.41, 5.74) is 2.62. The Morgan fingerprint density at radius 3 is 2.52 bits per heavy atom. The number of anilines is 1. The summed E-state index contributed by atoms with van der Waals surface area (Å²) in [6, 6.07) is 12.9. The van der Waals surface area contributed by atoms with Crippen molar-refractivity contribution in [3.8, 4) is 5.75 Å². The van der Waals surface area contributed by atoms with Crippen molar-refractivity contribution < 1.29 is 14.6 Å². The first-order valence-electron chi connectivity index (χ1n) is 9.15. The van der Waals surface area contributed by atoms with Crippen LogP contribution in [0.5, 0.6) is 5.75 Å². The summed E-state index contributed by atoms with van der Waals surface area (Å²) in [6.07, 6.45) is 1.63. The molecule has 0 aliphatic carbocycles. The summed E-state index contributed by atoms with van der Waals surface area (Å²) in [4.78, 5) is 19.1. The Hall–Kier alpha value is -2.93. The largest absolute Gasteiger partial charge is 0.490 e. The van der Waals surface area contributed by atoms with Crippen molar-refractivity contribution in [3.05, 3.63) is 58.1 Å². The van der Waals surface area contributed by atoms with E-state index in [0.29, 0.717) is 5.56 Å². The first kappa shape index (κ1) is 18.8. The zero-order valence-electron chi connectivity index (χ0n) is 15.7. The van der Waals surface area contributed by atoms with Gasteiger partial charge in [0.1, 0.15) is 0 Å². The number of benzene rings is 2. The minimum absolute atomic E-state index is 0.0647. The van der Waals surface area contributed by atoms with Crippen molar-refractivity contribution in [3.63, 3.8) is 0 Å². The number of piperazine rings is 1. The van der Waals surface area contributed by atoms with Crippen LogP contribution in [-0.4, -0.2) is 51.0 Å². The number of nitro groups is 1. The molecule has 1 aliphatic rings. The number of nitro benzene ring substituents is 1. The van der Waals surface area contributed by atoms with Crippen LogP contribution in [0.25, 0.3) is 0 Å². The Morgan fingerprint density at radius 1 is 1.22 bits per heavy atom. The zero-order chi connectivity index (χ0) is 19.2. The first-order chi connectivity index (χ1) is 13.1. The van der Waals surface area contributed by atoms with Crippen LogP contribution in [0, 0.1) is 10.1 Å². The van der Waals surface area contributed by atoms with Crippen molar-refractivity contribution in [2.24, 2.45) is 4.99 Å². The molecule has 7 nitrogen and oxygen atoms in total. The maximum Gasteiger partial charge on any atom is 0.311 e. The minimum atomic E-state index is -0.453. The molecule has 2 aromatic carbocycles. The second kappa shape index (κ2) is 8.64. The molecular weight excluding hydrogens is 344 g/mol. The zero-order valence-corrected chi connectivity index (χ0v) is 15.7. The fourth-order valence-electron chi connectivity index (χ4n) is 3.26. The van der Waals surface area contributed by atoms with Crippen LogP contribution < -0.4 is 14.5 Å². The van der Waals surface area contributed by atoms with E-state index in [0.717, 1.165) is 18.8 Å². The average molecular weight is 369 g/mol. The predicted octanol–water partition coefficient (Wildman–Crippen LogP) is 2.08. The minimum Gasteiger partial charge on any atom is -0.490 e. The van der Waals surface area contributed by atoms with Crippen LogP contribution in [-0.2, 0) is 0 Å². The number of ether oxygens (including phenoxy) is 1. The monoisotopic (exact) mass is 369 g/mol. The molecule has 1 saturated heterocycles. The van der Waals surface area contributed by atoms with E-state index in [-0.39, 0.29) is 11.4 Å². The van der Waals surface area contributed by atoms with E-state index in [2.05, 4.69) is 28.9 Å². The molecule has 0 bridgehead atoms. The fraction of sp³-hybridized carbons (Fsp3) is 0.350. The number of hydrogen-bond acceptors (Lipinski definition) is 5. The highest BCUT2D eigenvalue weighted by molar-refractivity contribution is 5.83. The molecule has 1 fully saturated rings. The molecule has 0 spiro atoms. The SMILES string of the molecule is CC[NH+]1CCN(c2ccc(N=Cc3ccc(OC)c([N+](=O)[O-])c3)cc2)CC1. The van der Waals surface area contributed by atoms with Crippen molar-refractivity contribution in [1.82, 2.24) is 0 Å². The fourth-order valence-corrected chi connectivity index (χ4v) is 3.26. The number of hydrogen-bond donors (Lipinski definition) is 1. The molecule has 1 aliphatic heterocycles. The maximum absolute atomic E-state index is 11.1. The van der Waals surface area contributed by atoms with Gasteiger partial charge < -0.3 is 14.5 Å². The van der Waals surface area contributed by atoms with Gasteiger partial charge in [0, 0.05) is 18.0 Å². The van der Waals surface area contributed by atoms with E-state index >= 15 is 0 Å². The number of aliphatic imine (C=N–C) groups is 1. The van der Waals surface area contributed by atoms with Gasteiger partial charge in [0.25, 0.3) is 0 Å². The van der Waals surface area contributed by atoms with E-state index in [4.69, 9.17) is 4.74 Å². The lowest BCUT2D eigenvalue weighted by molar-refractivity contribution is -0.898. The summed E-state index contributed by atoms with van der Waals surface area (Å²) in [7, 11) is 1.42. The van der Waals surface area contributed by atoms with Crippen LogP contribution in [0.4, 0.5) is 17.1 Å². The van der Waals surface area contributed by atoms with Crippen molar-refractivity contribution in [2.75, 3.05) is 44.7 Å². The highest BCUT2D eigenvalue weighted by Gasteiger charge is 2.18. The van der Waals surface area contributed by atoms with E-state index < -0.39 is 4.92 Å². The Bertz CT molecular complexity index is 812. The molecule has 3 rings (SSSR count). The molecule has 27 heavy (non-hydrogen) atoms. The van der Waals surface area contributed by atoms with Gasteiger partial charge in [-0.2, -0.15) is 0 Å². The molecule has 0 unspecified atom stereocenters. The Labute approximate surface area is 159 Å². The summed E-state index contributed by atoms with van der Waals surface area (Å²) >= 11 is 0. The summed E-state index contributed by atoms with van der Waals surface area (Å²) in [6.45, 7) is 7.90. The molecule has 1 N–H and O–H groups in total. The molecule has 0 atom stereocenters. The normalized spacial score (nSPS) is 15.3. The number of likely N-dealkylation sites (N-methyl/N-ethyl adjacent to an activating group) is 1. The number of nitrogens with one attached hydrogen (secondary N) is 1. The van der Waals surface area contributed by atoms with Crippen LogP contribution in [0.2, 0.25) is 0 Å². The lowest BCUT2D eigenvalue weighted by atomic mass is 10.2. The molecule has 0 aromatic heterocycles. The second-order valence-electron chi connectivity index (χ2n) is 6.55. The third kappa shape index (κ3) is 4.62. The number of nitrogens with zero attached hydrogens (tertiary/aromatic N) is 3. The smallest absolute Gasteiger partial charge is 0.311 e. The van der Waals surface area contributed by atoms with E-state index in [9.17, 15) is 10.1 Å². The summed E-state index contributed by atoms with van der Waals surface area (Å²) in [5.74, 6) is 0.242. The average Bonchev–Trinajstić information content (AvgIpc) is 2.72. The van der Waals surface area contributed by atoms with Gasteiger partial charge in [-0.1, -0.05) is 0 Å². The van der Waals surface area contributed by atoms with Gasteiger partial charge in [-0.3, -0.25) is 15.1 Å². The van der Waals surface area contributed by atoms with E-state index in [1.165, 1.54) is 38.5 Å². The summed E-state index contributed by atoms with van der Waals surface area (Å²) < 4.78 is 5.02. The van der Waals surface area contributed by atoms with Gasteiger partial charge in [0.2, 0.25) is 0 Å². The highest BCUT2D eigenvalue weighted by Crippen LogP contribution is 2.27. The molecule has 0 saturated carbocycles. The standard InChI is InChI=1S/C20H24N4O3/c1-3-22-10-12-23(13-11-22)18-7-5-17(6-8-18)21-15-16-4-9-20(27-2)19(14-16)24(25)26/h4-9,14-15H,3,10-13H2,1-2H3/p+1. The first-order valence-corrected chi connectivity index (χ1v) is 9.15. The van der Waals surface area contributed by atoms with E-state index in [1.54, 1.807) is 23.2 Å². The molecule has 0 radical (unpaired) electrons. The van der Waals surface area contributed by atoms with Crippen LogP contribution in [0.1, 0.15) is 12.5 Å². The molecule has 1 heterocycles. The lowest BCUT2D eigenvalue weighted by Crippen LogP contribution is -3.14. The highest BCUT2D eigenvalue weighted by atomic mass is 16.6. The van der Waals surface area contributed by atoms with Gasteiger partial charge in [0.05, 0.1) is 50.4 Å². The Morgan fingerprint density at radius 2 is 1.93 bits per heavy atom. The molecule has 2 aromatic rings.